The van der Waals surface area contributed by atoms with Crippen molar-refractivity contribution in [2.24, 2.45) is 0 Å². The van der Waals surface area contributed by atoms with E-state index in [4.69, 9.17) is 0 Å². The van der Waals surface area contributed by atoms with E-state index in [0.29, 0.717) is 17.1 Å². The number of thioether (sulfide) groups is 2. The molecule has 2 amide bonds. The number of hydrogen-bond acceptors (Lipinski definition) is 5. The van der Waals surface area contributed by atoms with Gasteiger partial charge in [-0.1, -0.05) is 43.0 Å². The molecule has 0 aromatic heterocycles. The molecule has 6 nitrogen and oxygen atoms in total. The molecule has 136 valence electrons. The summed E-state index contributed by atoms with van der Waals surface area (Å²) in [5.41, 5.74) is 1.63. The van der Waals surface area contributed by atoms with Crippen LogP contribution in [-0.2, 0) is 20.1 Å². The molecule has 2 N–H and O–H groups in total. The van der Waals surface area contributed by atoms with Gasteiger partial charge < -0.3 is 10.4 Å². The maximum atomic E-state index is 12.4. The molecule has 26 heavy (non-hydrogen) atoms. The van der Waals surface area contributed by atoms with Gasteiger partial charge in [-0.25, -0.2) is 4.79 Å². The van der Waals surface area contributed by atoms with Gasteiger partial charge in [0.2, 0.25) is 5.91 Å². The smallest absolute Gasteiger partial charge is 0.352 e. The van der Waals surface area contributed by atoms with E-state index >= 15 is 0 Å². The second kappa shape index (κ2) is 8.01. The van der Waals surface area contributed by atoms with Crippen LogP contribution in [0.15, 0.2) is 54.3 Å². The lowest BCUT2D eigenvalue weighted by Gasteiger charge is -2.49. The third-order valence-electron chi connectivity index (χ3n) is 4.11. The summed E-state index contributed by atoms with van der Waals surface area (Å²) in [6.07, 6.45) is 1.46. The molecular formula is C18H18N2O4S2. The number of fused-ring (bicyclic) bond motifs is 1. The van der Waals surface area contributed by atoms with Gasteiger partial charge in [0.15, 0.2) is 0 Å². The van der Waals surface area contributed by atoms with Crippen LogP contribution in [-0.4, -0.2) is 50.7 Å². The third kappa shape index (κ3) is 3.66. The van der Waals surface area contributed by atoms with Gasteiger partial charge >= 0.3 is 5.97 Å². The summed E-state index contributed by atoms with van der Waals surface area (Å²) < 4.78 is 0. The number of β-lactam (4-membered cyclic amide) rings is 1. The van der Waals surface area contributed by atoms with Gasteiger partial charge in [0.25, 0.3) is 5.91 Å². The van der Waals surface area contributed by atoms with E-state index in [1.54, 1.807) is 0 Å². The summed E-state index contributed by atoms with van der Waals surface area (Å²) in [6.45, 7) is 3.61. The number of amides is 2. The second-order valence-electron chi connectivity index (χ2n) is 5.82. The molecule has 0 spiro atoms. The zero-order chi connectivity index (χ0) is 18.7. The van der Waals surface area contributed by atoms with Crippen LogP contribution in [0.3, 0.4) is 0 Å². The minimum absolute atomic E-state index is 0.0299. The second-order valence-corrected chi connectivity index (χ2v) is 7.91. The van der Waals surface area contributed by atoms with Crippen LogP contribution in [0, 0.1) is 0 Å². The highest BCUT2D eigenvalue weighted by Gasteiger charge is 2.53. The normalized spacial score (nSPS) is 21.7. The summed E-state index contributed by atoms with van der Waals surface area (Å²) in [4.78, 5) is 37.2. The Labute approximate surface area is 159 Å². The Balaban J connectivity index is 1.55. The van der Waals surface area contributed by atoms with Crippen molar-refractivity contribution in [2.45, 2.75) is 17.2 Å². The van der Waals surface area contributed by atoms with E-state index < -0.39 is 12.0 Å². The number of carbonyl (C=O) groups excluding carboxylic acids is 2. The summed E-state index contributed by atoms with van der Waals surface area (Å²) in [6, 6.07) is 9.15. The Hall–Kier alpha value is -2.19. The molecule has 2 heterocycles. The summed E-state index contributed by atoms with van der Waals surface area (Å²) in [7, 11) is 0. The predicted octanol–water partition coefficient (Wildman–Crippen LogP) is 1.84. The lowest BCUT2D eigenvalue weighted by Crippen LogP contribution is -2.70. The van der Waals surface area contributed by atoms with Crippen LogP contribution >= 0.6 is 23.5 Å². The molecule has 0 saturated carbocycles. The van der Waals surface area contributed by atoms with Gasteiger partial charge in [0, 0.05) is 11.5 Å². The first-order valence-corrected chi connectivity index (χ1v) is 10.2. The molecule has 1 aromatic carbocycles. The zero-order valence-corrected chi connectivity index (χ0v) is 15.5. The predicted molar refractivity (Wildman–Crippen MR) is 102 cm³/mol. The topological polar surface area (TPSA) is 86.7 Å². The van der Waals surface area contributed by atoms with E-state index in [1.807, 2.05) is 30.3 Å². The fraction of sp³-hybridized carbons (Fsp3) is 0.278. The molecule has 0 bridgehead atoms. The van der Waals surface area contributed by atoms with Crippen molar-refractivity contribution in [3.8, 4) is 0 Å². The maximum absolute atomic E-state index is 12.4. The quantitative estimate of drug-likeness (QED) is 0.691. The highest BCUT2D eigenvalue weighted by Crippen LogP contribution is 2.40. The van der Waals surface area contributed by atoms with E-state index in [2.05, 4.69) is 11.9 Å². The number of hydrogen-bond donors (Lipinski definition) is 2. The summed E-state index contributed by atoms with van der Waals surface area (Å²) >= 11 is 2.90. The van der Waals surface area contributed by atoms with Gasteiger partial charge in [-0.05, 0) is 11.1 Å². The molecule has 2 aliphatic rings. The van der Waals surface area contributed by atoms with E-state index in [1.165, 1.54) is 34.5 Å². The lowest BCUT2D eigenvalue weighted by atomic mass is 10.0. The Morgan fingerprint density at radius 3 is 2.77 bits per heavy atom. The number of allylic oxidation sites excluding steroid dienone is 1. The molecule has 0 radical (unpaired) electrons. The minimum atomic E-state index is -1.15. The van der Waals surface area contributed by atoms with Crippen molar-refractivity contribution in [3.63, 3.8) is 0 Å². The van der Waals surface area contributed by atoms with Crippen LogP contribution in [0.25, 0.3) is 0 Å². The summed E-state index contributed by atoms with van der Waals surface area (Å²) in [5, 5.41) is 11.7. The van der Waals surface area contributed by atoms with E-state index in [0.717, 1.165) is 5.56 Å². The molecule has 1 aromatic rings. The Morgan fingerprint density at radius 1 is 1.38 bits per heavy atom. The van der Waals surface area contributed by atoms with Crippen molar-refractivity contribution in [1.82, 2.24) is 10.2 Å². The number of aliphatic carboxylic acids is 1. The van der Waals surface area contributed by atoms with Crippen molar-refractivity contribution in [2.75, 3.05) is 11.5 Å². The van der Waals surface area contributed by atoms with Gasteiger partial charge in [-0.2, -0.15) is 0 Å². The van der Waals surface area contributed by atoms with Crippen LogP contribution in [0.4, 0.5) is 0 Å². The first kappa shape index (κ1) is 18.6. The highest BCUT2D eigenvalue weighted by molar-refractivity contribution is 8.00. The average molecular weight is 390 g/mol. The number of rotatable bonds is 7. The third-order valence-corrected chi connectivity index (χ3v) is 6.41. The molecular weight excluding hydrogens is 372 g/mol. The number of benzene rings is 1. The molecule has 8 heteroatoms. The monoisotopic (exact) mass is 390 g/mol. The number of carbonyl (C=O) groups is 3. The number of carboxylic acids is 1. The minimum Gasteiger partial charge on any atom is -0.477 e. The van der Waals surface area contributed by atoms with E-state index in [-0.39, 0.29) is 28.6 Å². The largest absolute Gasteiger partial charge is 0.477 e. The van der Waals surface area contributed by atoms with Crippen molar-refractivity contribution in [3.05, 3.63) is 59.8 Å². The average Bonchev–Trinajstić information content (AvgIpc) is 2.65. The number of nitrogens with zero attached hydrogens (tertiary/aromatic N) is 1. The molecule has 1 saturated heterocycles. The van der Waals surface area contributed by atoms with Gasteiger partial charge in [0.1, 0.15) is 17.1 Å². The summed E-state index contributed by atoms with van der Waals surface area (Å²) in [5.74, 6) is -0.349. The Morgan fingerprint density at radius 2 is 2.12 bits per heavy atom. The standard InChI is InChI=1S/C18H18N2O4S2/c1-2-12-9-26-17-14(16(22)20(17)15(12)18(23)24)19-13(21)10-25-8-11-6-4-3-5-7-11/h2-7,14,17H,1,8-10H2,(H,19,21)(H,23,24)/t14-,17-/m1/s1. The fourth-order valence-corrected chi connectivity index (χ4v) is 4.99. The molecule has 0 unspecified atom stereocenters. The molecule has 1 fully saturated rings. The Bertz CT molecular complexity index is 779. The molecule has 2 atom stereocenters. The lowest BCUT2D eigenvalue weighted by molar-refractivity contribution is -0.150. The zero-order valence-electron chi connectivity index (χ0n) is 13.9. The Kier molecular flexibility index (Phi) is 5.73. The van der Waals surface area contributed by atoms with Gasteiger partial charge in [-0.15, -0.1) is 23.5 Å². The van der Waals surface area contributed by atoms with Crippen molar-refractivity contribution in [1.29, 1.82) is 0 Å². The van der Waals surface area contributed by atoms with Crippen LogP contribution < -0.4 is 5.32 Å². The fourth-order valence-electron chi connectivity index (χ4n) is 2.85. The molecule has 3 rings (SSSR count). The molecule has 2 aliphatic heterocycles. The number of carboxylic acid groups (broad SMARTS) is 1. The van der Waals surface area contributed by atoms with Gasteiger partial charge in [0.05, 0.1) is 5.75 Å². The first-order valence-electron chi connectivity index (χ1n) is 7.97. The van der Waals surface area contributed by atoms with Crippen LogP contribution in [0.1, 0.15) is 5.56 Å². The molecule has 0 aliphatic carbocycles. The SMILES string of the molecule is C=CC1=C(C(=O)O)N2C(=O)[C@@H](NC(=O)CSCc3ccccc3)[C@H]2SC1. The van der Waals surface area contributed by atoms with Crippen LogP contribution in [0.2, 0.25) is 0 Å². The van der Waals surface area contributed by atoms with Crippen LogP contribution in [0.5, 0.6) is 0 Å². The van der Waals surface area contributed by atoms with Crippen molar-refractivity contribution >= 4 is 41.3 Å². The highest BCUT2D eigenvalue weighted by atomic mass is 32.2. The first-order chi connectivity index (χ1) is 12.5. The van der Waals surface area contributed by atoms with Gasteiger partial charge in [-0.3, -0.25) is 14.5 Å². The maximum Gasteiger partial charge on any atom is 0.352 e. The van der Waals surface area contributed by atoms with E-state index in [9.17, 15) is 19.5 Å². The number of nitrogens with one attached hydrogen (secondary N) is 1. The van der Waals surface area contributed by atoms with Crippen molar-refractivity contribution < 1.29 is 19.5 Å².